The van der Waals surface area contributed by atoms with Gasteiger partial charge in [-0.2, -0.15) is 4.31 Å². The lowest BCUT2D eigenvalue weighted by molar-refractivity contribution is 0.0596. The molecular formula is C17H26N2O4S. The SMILES string of the molecule is CCNCC1CCN(S(=O)(=O)c2ccc(C)cc2C(=O)OC)CC1. The third-order valence-electron chi connectivity index (χ3n) is 4.41. The fourth-order valence-corrected chi connectivity index (χ4v) is 4.61. The van der Waals surface area contributed by atoms with Gasteiger partial charge in [-0.3, -0.25) is 0 Å². The standard InChI is InChI=1S/C17H26N2O4S/c1-4-18-12-14-7-9-19(10-8-14)24(21,22)16-6-5-13(2)11-15(16)17(20)23-3/h5-6,11,14,18H,4,7-10,12H2,1-3H3. The summed E-state index contributed by atoms with van der Waals surface area (Å²) in [6, 6.07) is 4.77. The number of carbonyl (C=O) groups is 1. The molecule has 1 aliphatic rings. The number of methoxy groups -OCH3 is 1. The van der Waals surface area contributed by atoms with Crippen molar-refractivity contribution in [1.29, 1.82) is 0 Å². The highest BCUT2D eigenvalue weighted by Crippen LogP contribution is 2.26. The zero-order valence-electron chi connectivity index (χ0n) is 14.5. The Bertz CT molecular complexity index is 680. The van der Waals surface area contributed by atoms with E-state index in [4.69, 9.17) is 4.74 Å². The minimum atomic E-state index is -3.70. The summed E-state index contributed by atoms with van der Waals surface area (Å²) < 4.78 is 32.2. The van der Waals surface area contributed by atoms with Crippen molar-refractivity contribution in [3.63, 3.8) is 0 Å². The molecule has 0 bridgehead atoms. The van der Waals surface area contributed by atoms with E-state index in [0.29, 0.717) is 19.0 Å². The molecule has 0 spiro atoms. The van der Waals surface area contributed by atoms with Crippen LogP contribution in [0.2, 0.25) is 0 Å². The molecule has 0 amide bonds. The molecule has 1 aromatic rings. The molecule has 1 saturated heterocycles. The number of piperidine rings is 1. The minimum Gasteiger partial charge on any atom is -0.465 e. The van der Waals surface area contributed by atoms with E-state index in [9.17, 15) is 13.2 Å². The Labute approximate surface area is 144 Å². The Morgan fingerprint density at radius 1 is 1.33 bits per heavy atom. The second-order valence-corrected chi connectivity index (χ2v) is 8.05. The lowest BCUT2D eigenvalue weighted by atomic mass is 9.98. The smallest absolute Gasteiger partial charge is 0.339 e. The molecule has 0 radical (unpaired) electrons. The van der Waals surface area contributed by atoms with Crippen LogP contribution in [-0.2, 0) is 14.8 Å². The predicted octanol–water partition coefficient (Wildman–Crippen LogP) is 1.79. The predicted molar refractivity (Wildman–Crippen MR) is 92.5 cm³/mol. The average Bonchev–Trinajstić information content (AvgIpc) is 2.59. The summed E-state index contributed by atoms with van der Waals surface area (Å²) in [6.45, 7) is 6.67. The van der Waals surface area contributed by atoms with Crippen LogP contribution in [0.3, 0.4) is 0 Å². The topological polar surface area (TPSA) is 75.7 Å². The number of esters is 1. The highest BCUT2D eigenvalue weighted by Gasteiger charge is 2.32. The largest absolute Gasteiger partial charge is 0.465 e. The zero-order valence-corrected chi connectivity index (χ0v) is 15.4. The molecule has 0 atom stereocenters. The summed E-state index contributed by atoms with van der Waals surface area (Å²) in [5.74, 6) is -0.131. The molecule has 1 fully saturated rings. The summed E-state index contributed by atoms with van der Waals surface area (Å²) >= 11 is 0. The van der Waals surface area contributed by atoms with Gasteiger partial charge in [0.25, 0.3) is 0 Å². The maximum atomic E-state index is 13.0. The van der Waals surface area contributed by atoms with Crippen LogP contribution in [0.25, 0.3) is 0 Å². The quantitative estimate of drug-likeness (QED) is 0.788. The van der Waals surface area contributed by atoms with E-state index in [1.807, 2.05) is 6.92 Å². The first-order chi connectivity index (χ1) is 11.4. The highest BCUT2D eigenvalue weighted by molar-refractivity contribution is 7.89. The van der Waals surface area contributed by atoms with Crippen molar-refractivity contribution >= 4 is 16.0 Å². The molecule has 1 aromatic carbocycles. The van der Waals surface area contributed by atoms with Gasteiger partial charge in [-0.1, -0.05) is 18.6 Å². The first-order valence-corrected chi connectivity index (χ1v) is 9.74. The fraction of sp³-hybridized carbons (Fsp3) is 0.588. The molecule has 134 valence electrons. The Morgan fingerprint density at radius 2 is 2.00 bits per heavy atom. The summed E-state index contributed by atoms with van der Waals surface area (Å²) in [4.78, 5) is 12.0. The first-order valence-electron chi connectivity index (χ1n) is 8.30. The van der Waals surface area contributed by atoms with Crippen molar-refractivity contribution in [1.82, 2.24) is 9.62 Å². The van der Waals surface area contributed by atoms with Crippen LogP contribution in [-0.4, -0.2) is 52.0 Å². The molecular weight excluding hydrogens is 328 g/mol. The van der Waals surface area contributed by atoms with E-state index in [1.54, 1.807) is 12.1 Å². The number of rotatable bonds is 6. The summed E-state index contributed by atoms with van der Waals surface area (Å²) in [6.07, 6.45) is 1.65. The van der Waals surface area contributed by atoms with Crippen LogP contribution in [0.1, 0.15) is 35.7 Å². The number of nitrogens with one attached hydrogen (secondary N) is 1. The Morgan fingerprint density at radius 3 is 2.58 bits per heavy atom. The van der Waals surface area contributed by atoms with Crippen molar-refractivity contribution in [3.05, 3.63) is 29.3 Å². The van der Waals surface area contributed by atoms with Gasteiger partial charge in [0.1, 0.15) is 0 Å². The van der Waals surface area contributed by atoms with Crippen molar-refractivity contribution in [2.45, 2.75) is 31.6 Å². The van der Waals surface area contributed by atoms with E-state index in [0.717, 1.165) is 31.5 Å². The summed E-state index contributed by atoms with van der Waals surface area (Å²) in [5.41, 5.74) is 0.922. The lowest BCUT2D eigenvalue weighted by Crippen LogP contribution is -2.41. The van der Waals surface area contributed by atoms with E-state index >= 15 is 0 Å². The normalized spacial score (nSPS) is 17.0. The number of ether oxygens (including phenoxy) is 1. The van der Waals surface area contributed by atoms with Gasteiger partial charge in [-0.25, -0.2) is 13.2 Å². The van der Waals surface area contributed by atoms with Gasteiger partial charge in [0.2, 0.25) is 10.0 Å². The van der Waals surface area contributed by atoms with E-state index < -0.39 is 16.0 Å². The van der Waals surface area contributed by atoms with Crippen LogP contribution in [0, 0.1) is 12.8 Å². The molecule has 0 saturated carbocycles. The van der Waals surface area contributed by atoms with Gasteiger partial charge in [-0.05, 0) is 50.9 Å². The van der Waals surface area contributed by atoms with Gasteiger partial charge in [0, 0.05) is 13.1 Å². The molecule has 0 aromatic heterocycles. The fourth-order valence-electron chi connectivity index (χ4n) is 2.98. The Balaban J connectivity index is 2.21. The van der Waals surface area contributed by atoms with E-state index in [1.165, 1.54) is 17.5 Å². The Hall–Kier alpha value is -1.44. The Kier molecular flexibility index (Phi) is 6.37. The van der Waals surface area contributed by atoms with Gasteiger partial charge in [0.15, 0.2) is 0 Å². The number of benzene rings is 1. The number of nitrogens with zero attached hydrogens (tertiary/aromatic N) is 1. The maximum Gasteiger partial charge on any atom is 0.339 e. The molecule has 1 N–H and O–H groups in total. The van der Waals surface area contributed by atoms with Gasteiger partial charge >= 0.3 is 5.97 Å². The minimum absolute atomic E-state index is 0.0325. The molecule has 7 heteroatoms. The average molecular weight is 354 g/mol. The van der Waals surface area contributed by atoms with Crippen molar-refractivity contribution in [2.24, 2.45) is 5.92 Å². The molecule has 1 heterocycles. The monoisotopic (exact) mass is 354 g/mol. The second kappa shape index (κ2) is 8.09. The first kappa shape index (κ1) is 18.9. The zero-order chi connectivity index (χ0) is 17.7. The number of aryl methyl sites for hydroxylation is 1. The molecule has 2 rings (SSSR count). The molecule has 0 aliphatic carbocycles. The lowest BCUT2D eigenvalue weighted by Gasteiger charge is -2.31. The number of sulfonamides is 1. The number of hydrogen-bond acceptors (Lipinski definition) is 5. The van der Waals surface area contributed by atoms with Crippen LogP contribution in [0.5, 0.6) is 0 Å². The second-order valence-electron chi connectivity index (χ2n) is 6.15. The van der Waals surface area contributed by atoms with Crippen LogP contribution < -0.4 is 5.32 Å². The third-order valence-corrected chi connectivity index (χ3v) is 6.37. The van der Waals surface area contributed by atoms with E-state index in [2.05, 4.69) is 12.2 Å². The molecule has 1 aliphatic heterocycles. The molecule has 0 unspecified atom stereocenters. The number of hydrogen-bond donors (Lipinski definition) is 1. The van der Waals surface area contributed by atoms with Crippen LogP contribution >= 0.6 is 0 Å². The maximum absolute atomic E-state index is 13.0. The van der Waals surface area contributed by atoms with Crippen molar-refractivity contribution in [3.8, 4) is 0 Å². The summed E-state index contributed by atoms with van der Waals surface area (Å²) in [5, 5.41) is 3.31. The van der Waals surface area contributed by atoms with Gasteiger partial charge in [-0.15, -0.1) is 0 Å². The molecule has 24 heavy (non-hydrogen) atoms. The van der Waals surface area contributed by atoms with Crippen molar-refractivity contribution < 1.29 is 17.9 Å². The van der Waals surface area contributed by atoms with Crippen LogP contribution in [0.4, 0.5) is 0 Å². The van der Waals surface area contributed by atoms with Crippen LogP contribution in [0.15, 0.2) is 23.1 Å². The van der Waals surface area contributed by atoms with Crippen molar-refractivity contribution in [2.75, 3.05) is 33.3 Å². The molecule has 6 nitrogen and oxygen atoms in total. The third kappa shape index (κ3) is 4.15. The highest BCUT2D eigenvalue weighted by atomic mass is 32.2. The van der Waals surface area contributed by atoms with E-state index in [-0.39, 0.29) is 10.5 Å². The van der Waals surface area contributed by atoms with Gasteiger partial charge in [0.05, 0.1) is 17.6 Å². The number of carbonyl (C=O) groups excluding carboxylic acids is 1. The summed E-state index contributed by atoms with van der Waals surface area (Å²) in [7, 11) is -2.44. The van der Waals surface area contributed by atoms with Gasteiger partial charge < -0.3 is 10.1 Å².